The molecule has 0 aliphatic rings. The number of aliphatic hydroxyl groups is 1. The van der Waals surface area contributed by atoms with E-state index in [2.05, 4.69) is 4.98 Å². The molecule has 0 aliphatic heterocycles. The average molecular weight is 344 g/mol. The van der Waals surface area contributed by atoms with Gasteiger partial charge in [-0.2, -0.15) is 0 Å². The zero-order valence-corrected chi connectivity index (χ0v) is 14.5. The summed E-state index contributed by atoms with van der Waals surface area (Å²) >= 11 is 0. The largest absolute Gasteiger partial charge is 0.489 e. The number of hydrogen-bond acceptors (Lipinski definition) is 3. The SMILES string of the molecule is Cn1c(C(O)c2ccc(OCc3ccccc3)cc2)nc2ccccc21. The van der Waals surface area contributed by atoms with Crippen LogP contribution in [0.3, 0.4) is 0 Å². The van der Waals surface area contributed by atoms with E-state index in [0.717, 1.165) is 27.9 Å². The Kier molecular flexibility index (Phi) is 4.42. The summed E-state index contributed by atoms with van der Waals surface area (Å²) in [6.07, 6.45) is -0.782. The van der Waals surface area contributed by atoms with Crippen LogP contribution in [-0.2, 0) is 13.7 Å². The van der Waals surface area contributed by atoms with E-state index < -0.39 is 6.10 Å². The van der Waals surface area contributed by atoms with Gasteiger partial charge in [-0.05, 0) is 35.4 Å². The average Bonchev–Trinajstić information content (AvgIpc) is 3.04. The molecule has 26 heavy (non-hydrogen) atoms. The Hall–Kier alpha value is -3.11. The first kappa shape index (κ1) is 16.4. The van der Waals surface area contributed by atoms with Crippen molar-refractivity contribution < 1.29 is 9.84 Å². The Morgan fingerprint density at radius 3 is 2.35 bits per heavy atom. The van der Waals surface area contributed by atoms with E-state index in [4.69, 9.17) is 4.74 Å². The van der Waals surface area contributed by atoms with E-state index in [-0.39, 0.29) is 0 Å². The van der Waals surface area contributed by atoms with Gasteiger partial charge in [0.2, 0.25) is 0 Å². The van der Waals surface area contributed by atoms with Crippen molar-refractivity contribution in [3.05, 3.63) is 95.8 Å². The molecule has 0 aliphatic carbocycles. The van der Waals surface area contributed by atoms with Crippen molar-refractivity contribution in [1.29, 1.82) is 0 Å². The van der Waals surface area contributed by atoms with Crippen LogP contribution >= 0.6 is 0 Å². The summed E-state index contributed by atoms with van der Waals surface area (Å²) in [5.41, 5.74) is 3.79. The summed E-state index contributed by atoms with van der Waals surface area (Å²) in [5.74, 6) is 1.40. The van der Waals surface area contributed by atoms with Crippen LogP contribution in [0.5, 0.6) is 5.75 Å². The number of imidazole rings is 1. The van der Waals surface area contributed by atoms with Gasteiger partial charge in [0.1, 0.15) is 24.3 Å². The molecule has 1 aromatic heterocycles. The minimum absolute atomic E-state index is 0.521. The zero-order chi connectivity index (χ0) is 17.9. The highest BCUT2D eigenvalue weighted by atomic mass is 16.5. The molecule has 4 nitrogen and oxygen atoms in total. The highest BCUT2D eigenvalue weighted by Gasteiger charge is 2.17. The van der Waals surface area contributed by atoms with E-state index in [1.165, 1.54) is 0 Å². The topological polar surface area (TPSA) is 47.3 Å². The van der Waals surface area contributed by atoms with Gasteiger partial charge in [0.05, 0.1) is 11.0 Å². The van der Waals surface area contributed by atoms with E-state index in [1.54, 1.807) is 0 Å². The third-order valence-corrected chi connectivity index (χ3v) is 4.51. The predicted molar refractivity (Wildman–Crippen MR) is 102 cm³/mol. The molecule has 4 heteroatoms. The molecule has 1 N–H and O–H groups in total. The molecule has 130 valence electrons. The third-order valence-electron chi connectivity index (χ3n) is 4.51. The monoisotopic (exact) mass is 344 g/mol. The van der Waals surface area contributed by atoms with Crippen LogP contribution in [0.2, 0.25) is 0 Å². The number of ether oxygens (including phenoxy) is 1. The van der Waals surface area contributed by atoms with Gasteiger partial charge in [0.15, 0.2) is 0 Å². The van der Waals surface area contributed by atoms with Crippen LogP contribution in [0.4, 0.5) is 0 Å². The molecule has 0 spiro atoms. The van der Waals surface area contributed by atoms with Gasteiger partial charge in [-0.25, -0.2) is 4.98 Å². The van der Waals surface area contributed by atoms with Gasteiger partial charge in [0, 0.05) is 7.05 Å². The lowest BCUT2D eigenvalue weighted by molar-refractivity contribution is 0.206. The molecule has 3 aromatic carbocycles. The quantitative estimate of drug-likeness (QED) is 0.589. The van der Waals surface area contributed by atoms with Crippen molar-refractivity contribution in [1.82, 2.24) is 9.55 Å². The Morgan fingerprint density at radius 1 is 0.923 bits per heavy atom. The molecule has 0 bridgehead atoms. The maximum absolute atomic E-state index is 10.7. The molecule has 0 saturated carbocycles. The van der Waals surface area contributed by atoms with Gasteiger partial charge in [-0.1, -0.05) is 54.6 Å². The van der Waals surface area contributed by atoms with E-state index >= 15 is 0 Å². The lowest BCUT2D eigenvalue weighted by Crippen LogP contribution is -2.07. The van der Waals surface area contributed by atoms with Crippen molar-refractivity contribution in [3.8, 4) is 5.75 Å². The van der Waals surface area contributed by atoms with Crippen molar-refractivity contribution in [2.75, 3.05) is 0 Å². The third kappa shape index (κ3) is 3.19. The number of aryl methyl sites for hydroxylation is 1. The van der Waals surface area contributed by atoms with Crippen LogP contribution in [-0.4, -0.2) is 14.7 Å². The lowest BCUT2D eigenvalue weighted by Gasteiger charge is -2.12. The van der Waals surface area contributed by atoms with E-state index in [1.807, 2.05) is 90.5 Å². The second-order valence-corrected chi connectivity index (χ2v) is 6.26. The number of rotatable bonds is 5. The fourth-order valence-electron chi connectivity index (χ4n) is 3.05. The minimum atomic E-state index is -0.782. The van der Waals surface area contributed by atoms with Gasteiger partial charge in [-0.15, -0.1) is 0 Å². The number of aromatic nitrogens is 2. The van der Waals surface area contributed by atoms with E-state index in [9.17, 15) is 5.11 Å². The molecule has 0 fully saturated rings. The summed E-state index contributed by atoms with van der Waals surface area (Å²) < 4.78 is 7.73. The molecular formula is C22H20N2O2. The van der Waals surface area contributed by atoms with Crippen molar-refractivity contribution in [2.45, 2.75) is 12.7 Å². The van der Waals surface area contributed by atoms with Crippen LogP contribution in [0.25, 0.3) is 11.0 Å². The highest BCUT2D eigenvalue weighted by Crippen LogP contribution is 2.26. The lowest BCUT2D eigenvalue weighted by atomic mass is 10.1. The van der Waals surface area contributed by atoms with Crippen molar-refractivity contribution in [2.24, 2.45) is 7.05 Å². The summed E-state index contributed by atoms with van der Waals surface area (Å²) in [6, 6.07) is 25.4. The fraction of sp³-hybridized carbons (Fsp3) is 0.136. The van der Waals surface area contributed by atoms with Gasteiger partial charge >= 0.3 is 0 Å². The van der Waals surface area contributed by atoms with Gasteiger partial charge in [0.25, 0.3) is 0 Å². The standard InChI is InChI=1S/C22H20N2O2/c1-24-20-10-6-5-9-19(20)23-22(24)21(25)17-11-13-18(14-12-17)26-15-16-7-3-2-4-8-16/h2-14,21,25H,15H2,1H3. The van der Waals surface area contributed by atoms with Crippen LogP contribution in [0.1, 0.15) is 23.1 Å². The number of aliphatic hydroxyl groups excluding tert-OH is 1. The summed E-state index contributed by atoms with van der Waals surface area (Å²) in [7, 11) is 1.92. The second kappa shape index (κ2) is 7.02. The molecular weight excluding hydrogens is 324 g/mol. The predicted octanol–water partition coefficient (Wildman–Crippen LogP) is 4.23. The Bertz CT molecular complexity index is 1010. The summed E-state index contributed by atoms with van der Waals surface area (Å²) in [5, 5.41) is 10.7. The van der Waals surface area contributed by atoms with Crippen molar-refractivity contribution >= 4 is 11.0 Å². The first-order chi connectivity index (χ1) is 12.7. The normalized spacial score (nSPS) is 12.2. The Labute approximate surface area is 152 Å². The van der Waals surface area contributed by atoms with Crippen LogP contribution in [0.15, 0.2) is 78.9 Å². The molecule has 4 rings (SSSR count). The highest BCUT2D eigenvalue weighted by molar-refractivity contribution is 5.76. The molecule has 1 unspecified atom stereocenters. The molecule has 1 heterocycles. The zero-order valence-electron chi connectivity index (χ0n) is 14.5. The molecule has 0 radical (unpaired) electrons. The number of hydrogen-bond donors (Lipinski definition) is 1. The first-order valence-corrected chi connectivity index (χ1v) is 8.58. The fourth-order valence-corrected chi connectivity index (χ4v) is 3.05. The summed E-state index contributed by atoms with van der Waals surface area (Å²) in [4.78, 5) is 4.57. The number of fused-ring (bicyclic) bond motifs is 1. The Morgan fingerprint density at radius 2 is 1.62 bits per heavy atom. The summed E-state index contributed by atoms with van der Waals surface area (Å²) in [6.45, 7) is 0.521. The second-order valence-electron chi connectivity index (χ2n) is 6.26. The Balaban J connectivity index is 1.51. The number of benzene rings is 3. The first-order valence-electron chi connectivity index (χ1n) is 8.58. The number of nitrogens with zero attached hydrogens (tertiary/aromatic N) is 2. The minimum Gasteiger partial charge on any atom is -0.489 e. The molecule has 0 amide bonds. The van der Waals surface area contributed by atoms with Crippen molar-refractivity contribution in [3.63, 3.8) is 0 Å². The van der Waals surface area contributed by atoms with Crippen LogP contribution < -0.4 is 4.74 Å². The maximum Gasteiger partial charge on any atom is 0.143 e. The van der Waals surface area contributed by atoms with Gasteiger partial charge < -0.3 is 14.4 Å². The molecule has 1 atom stereocenters. The number of para-hydroxylation sites is 2. The molecule has 0 saturated heterocycles. The van der Waals surface area contributed by atoms with E-state index in [0.29, 0.717) is 12.4 Å². The maximum atomic E-state index is 10.7. The smallest absolute Gasteiger partial charge is 0.143 e. The van der Waals surface area contributed by atoms with Crippen LogP contribution in [0, 0.1) is 0 Å². The van der Waals surface area contributed by atoms with Gasteiger partial charge in [-0.3, -0.25) is 0 Å². The molecule has 4 aromatic rings.